The predicted octanol–water partition coefficient (Wildman–Crippen LogP) is 4.01. The number of rotatable bonds is 5. The van der Waals surface area contributed by atoms with Crippen molar-refractivity contribution in [2.45, 2.75) is 12.3 Å². The molecule has 2 aromatic carbocycles. The first-order valence-corrected chi connectivity index (χ1v) is 7.16. The normalized spacial score (nSPS) is 12.1. The van der Waals surface area contributed by atoms with E-state index in [1.165, 1.54) is 6.07 Å². The minimum atomic E-state index is -1.12. The molecule has 0 spiro atoms. The highest BCUT2D eigenvalue weighted by molar-refractivity contribution is 6.44. The van der Waals surface area contributed by atoms with E-state index in [4.69, 9.17) is 28.3 Å². The lowest BCUT2D eigenvalue weighted by Crippen LogP contribution is -2.09. The van der Waals surface area contributed by atoms with Gasteiger partial charge in [-0.1, -0.05) is 59.6 Å². The molecule has 3 nitrogen and oxygen atoms in total. The van der Waals surface area contributed by atoms with Crippen LogP contribution in [-0.2, 0) is 6.42 Å². The number of benzene rings is 2. The number of carboxylic acids is 1. The Labute approximate surface area is 132 Å². The fraction of sp³-hybridized carbons (Fsp3) is 0.188. The first kappa shape index (κ1) is 15.8. The maximum absolute atomic E-state index is 11.0. The quantitative estimate of drug-likeness (QED) is 0.873. The zero-order valence-corrected chi connectivity index (χ0v) is 12.6. The van der Waals surface area contributed by atoms with Crippen LogP contribution in [0, 0.1) is 0 Å². The summed E-state index contributed by atoms with van der Waals surface area (Å²) in [4.78, 5) is 11.0. The minimum Gasteiger partial charge on any atom is -0.478 e. The lowest BCUT2D eigenvalue weighted by molar-refractivity contribution is 0.0697. The van der Waals surface area contributed by atoms with E-state index >= 15 is 0 Å². The van der Waals surface area contributed by atoms with Gasteiger partial charge in [0.1, 0.15) is 0 Å². The van der Waals surface area contributed by atoms with Gasteiger partial charge in [0.25, 0.3) is 0 Å². The Balaban J connectivity index is 2.31. The third kappa shape index (κ3) is 3.56. The van der Waals surface area contributed by atoms with Gasteiger partial charge in [-0.3, -0.25) is 0 Å². The molecule has 1 atom stereocenters. The molecule has 0 aliphatic rings. The summed E-state index contributed by atoms with van der Waals surface area (Å²) in [5, 5.41) is 18.8. The average molecular weight is 325 g/mol. The highest BCUT2D eigenvalue weighted by Crippen LogP contribution is 2.32. The van der Waals surface area contributed by atoms with Gasteiger partial charge in [-0.2, -0.15) is 0 Å². The Kier molecular flexibility index (Phi) is 5.23. The van der Waals surface area contributed by atoms with Gasteiger partial charge in [0, 0.05) is 5.92 Å². The summed E-state index contributed by atoms with van der Waals surface area (Å²) in [7, 11) is 0. The van der Waals surface area contributed by atoms with Gasteiger partial charge in [-0.25, -0.2) is 4.79 Å². The average Bonchev–Trinajstić information content (AvgIpc) is 2.49. The van der Waals surface area contributed by atoms with E-state index in [2.05, 4.69) is 0 Å². The standard InChI is InChI=1S/C16H14Cl2O3/c17-14-11(6-7-13(15(14)18)16(20)21)8-12(9-19)10-4-2-1-3-5-10/h1-7,12,19H,8-9H2,(H,20,21). The number of aliphatic hydroxyl groups excluding tert-OH is 1. The minimum absolute atomic E-state index is 0.0225. The molecule has 2 rings (SSSR count). The lowest BCUT2D eigenvalue weighted by Gasteiger charge is -2.16. The molecule has 1 unspecified atom stereocenters. The van der Waals surface area contributed by atoms with Crippen molar-refractivity contribution < 1.29 is 15.0 Å². The Hall–Kier alpha value is -1.55. The Morgan fingerprint density at radius 1 is 1.05 bits per heavy atom. The van der Waals surface area contributed by atoms with E-state index < -0.39 is 5.97 Å². The van der Waals surface area contributed by atoms with Crippen LogP contribution in [0.15, 0.2) is 42.5 Å². The van der Waals surface area contributed by atoms with E-state index in [1.54, 1.807) is 6.07 Å². The van der Waals surface area contributed by atoms with E-state index in [-0.39, 0.29) is 28.1 Å². The SMILES string of the molecule is O=C(O)c1ccc(CC(CO)c2ccccc2)c(Cl)c1Cl. The molecule has 110 valence electrons. The van der Waals surface area contributed by atoms with Crippen molar-refractivity contribution >= 4 is 29.2 Å². The van der Waals surface area contributed by atoms with Crippen molar-refractivity contribution in [3.63, 3.8) is 0 Å². The molecule has 5 heteroatoms. The summed E-state index contributed by atoms with van der Waals surface area (Å²) in [6.07, 6.45) is 0.485. The lowest BCUT2D eigenvalue weighted by atomic mass is 9.92. The van der Waals surface area contributed by atoms with Crippen LogP contribution < -0.4 is 0 Å². The summed E-state index contributed by atoms with van der Waals surface area (Å²) < 4.78 is 0. The van der Waals surface area contributed by atoms with Gasteiger partial charge < -0.3 is 10.2 Å². The second-order valence-corrected chi connectivity index (χ2v) is 5.46. The number of carbonyl (C=O) groups is 1. The van der Waals surface area contributed by atoms with Crippen molar-refractivity contribution in [3.05, 3.63) is 69.2 Å². The topological polar surface area (TPSA) is 57.5 Å². The zero-order valence-electron chi connectivity index (χ0n) is 11.1. The van der Waals surface area contributed by atoms with Crippen LogP contribution in [0.5, 0.6) is 0 Å². The summed E-state index contributed by atoms with van der Waals surface area (Å²) >= 11 is 12.1. The molecule has 0 fully saturated rings. The molecule has 21 heavy (non-hydrogen) atoms. The second-order valence-electron chi connectivity index (χ2n) is 4.70. The molecule has 0 radical (unpaired) electrons. The van der Waals surface area contributed by atoms with Crippen molar-refractivity contribution in [1.82, 2.24) is 0 Å². The number of halogens is 2. The van der Waals surface area contributed by atoms with Crippen LogP contribution in [0.4, 0.5) is 0 Å². The Morgan fingerprint density at radius 3 is 2.29 bits per heavy atom. The van der Waals surface area contributed by atoms with Gasteiger partial charge >= 0.3 is 5.97 Å². The molecule has 0 saturated carbocycles. The summed E-state index contributed by atoms with van der Waals surface area (Å²) in [6, 6.07) is 12.7. The van der Waals surface area contributed by atoms with Crippen molar-refractivity contribution in [2.24, 2.45) is 0 Å². The fourth-order valence-corrected chi connectivity index (χ4v) is 2.70. The van der Waals surface area contributed by atoms with Gasteiger partial charge in [-0.15, -0.1) is 0 Å². The molecule has 0 aromatic heterocycles. The number of hydrogen-bond donors (Lipinski definition) is 2. The summed E-state index contributed by atoms with van der Waals surface area (Å²) in [6.45, 7) is -0.0291. The second kappa shape index (κ2) is 6.94. The van der Waals surface area contributed by atoms with Crippen molar-refractivity contribution in [3.8, 4) is 0 Å². The highest BCUT2D eigenvalue weighted by Gasteiger charge is 2.18. The molecule has 2 aromatic rings. The van der Waals surface area contributed by atoms with E-state index in [1.807, 2.05) is 30.3 Å². The van der Waals surface area contributed by atoms with Gasteiger partial charge in [0.15, 0.2) is 0 Å². The molecule has 0 bridgehead atoms. The summed E-state index contributed by atoms with van der Waals surface area (Å²) in [5.74, 6) is -1.23. The van der Waals surface area contributed by atoms with Gasteiger partial charge in [0.05, 0.1) is 22.2 Å². The van der Waals surface area contributed by atoms with Crippen LogP contribution in [0.3, 0.4) is 0 Å². The number of hydrogen-bond acceptors (Lipinski definition) is 2. The predicted molar refractivity (Wildman–Crippen MR) is 83.4 cm³/mol. The van der Waals surface area contributed by atoms with Crippen LogP contribution in [0.25, 0.3) is 0 Å². The maximum Gasteiger partial charge on any atom is 0.337 e. The van der Waals surface area contributed by atoms with Crippen LogP contribution in [-0.4, -0.2) is 22.8 Å². The number of carboxylic acid groups (broad SMARTS) is 1. The third-order valence-electron chi connectivity index (χ3n) is 3.35. The largest absolute Gasteiger partial charge is 0.478 e. The number of aromatic carboxylic acids is 1. The smallest absolute Gasteiger partial charge is 0.337 e. The maximum atomic E-state index is 11.0. The molecule has 2 N–H and O–H groups in total. The molecule has 0 amide bonds. The van der Waals surface area contributed by atoms with E-state index in [9.17, 15) is 9.90 Å². The van der Waals surface area contributed by atoms with E-state index in [0.717, 1.165) is 11.1 Å². The monoisotopic (exact) mass is 324 g/mol. The number of aliphatic hydroxyl groups is 1. The molecular formula is C16H14Cl2O3. The zero-order chi connectivity index (χ0) is 15.4. The molecule has 0 aliphatic carbocycles. The first-order chi connectivity index (χ1) is 10.0. The summed E-state index contributed by atoms with van der Waals surface area (Å²) in [5.41, 5.74) is 1.69. The van der Waals surface area contributed by atoms with Crippen LogP contribution in [0.1, 0.15) is 27.4 Å². The molecule has 0 aliphatic heterocycles. The van der Waals surface area contributed by atoms with Crippen LogP contribution in [0.2, 0.25) is 10.0 Å². The molecular weight excluding hydrogens is 311 g/mol. The van der Waals surface area contributed by atoms with Gasteiger partial charge in [0.2, 0.25) is 0 Å². The van der Waals surface area contributed by atoms with E-state index in [0.29, 0.717) is 6.42 Å². The van der Waals surface area contributed by atoms with Crippen molar-refractivity contribution in [1.29, 1.82) is 0 Å². The van der Waals surface area contributed by atoms with Gasteiger partial charge in [-0.05, 0) is 23.6 Å². The molecule has 0 heterocycles. The fourth-order valence-electron chi connectivity index (χ4n) is 2.19. The Morgan fingerprint density at radius 2 is 1.71 bits per heavy atom. The van der Waals surface area contributed by atoms with Crippen molar-refractivity contribution in [2.75, 3.05) is 6.61 Å². The third-order valence-corrected chi connectivity index (χ3v) is 4.27. The highest BCUT2D eigenvalue weighted by atomic mass is 35.5. The first-order valence-electron chi connectivity index (χ1n) is 6.40. The molecule has 0 saturated heterocycles. The Bertz CT molecular complexity index is 641. The van der Waals surface area contributed by atoms with Crippen LogP contribution >= 0.6 is 23.2 Å².